The van der Waals surface area contributed by atoms with E-state index in [0.29, 0.717) is 17.8 Å². The zero-order chi connectivity index (χ0) is 19.8. The first-order valence-corrected chi connectivity index (χ1v) is 8.21. The van der Waals surface area contributed by atoms with Gasteiger partial charge in [-0.05, 0) is 42.9 Å². The summed E-state index contributed by atoms with van der Waals surface area (Å²) in [6.07, 6.45) is 0. The summed E-state index contributed by atoms with van der Waals surface area (Å²) in [5.74, 6) is -0.378. The standard InChI is InChI=1S/C19H21F2N3O3/c1-22-18(26)14-4-3-5-15(10-14)23-17(25)12-24(2)11-13-6-8-16(9-7-13)27-19(20)21/h3-10,19H,11-12H2,1-2H3,(H,22,26)(H,23,25). The van der Waals surface area contributed by atoms with Crippen molar-refractivity contribution in [3.05, 3.63) is 59.7 Å². The molecule has 0 aliphatic carbocycles. The SMILES string of the molecule is CNC(=O)c1cccc(NC(=O)CN(C)Cc2ccc(OC(F)F)cc2)c1. The molecule has 2 aromatic carbocycles. The molecule has 144 valence electrons. The van der Waals surface area contributed by atoms with E-state index in [-0.39, 0.29) is 24.1 Å². The van der Waals surface area contributed by atoms with Crippen LogP contribution in [0.15, 0.2) is 48.5 Å². The van der Waals surface area contributed by atoms with Crippen LogP contribution in [-0.4, -0.2) is 44.0 Å². The van der Waals surface area contributed by atoms with Gasteiger partial charge in [0.1, 0.15) is 5.75 Å². The maximum atomic E-state index is 12.2. The second kappa shape index (κ2) is 9.63. The van der Waals surface area contributed by atoms with Gasteiger partial charge in [0.05, 0.1) is 6.54 Å². The highest BCUT2D eigenvalue weighted by Gasteiger charge is 2.10. The first-order chi connectivity index (χ1) is 12.9. The molecule has 0 aromatic heterocycles. The zero-order valence-electron chi connectivity index (χ0n) is 15.0. The van der Waals surface area contributed by atoms with E-state index in [1.165, 1.54) is 19.2 Å². The lowest BCUT2D eigenvalue weighted by atomic mass is 10.2. The third kappa shape index (κ3) is 6.67. The van der Waals surface area contributed by atoms with Crippen LogP contribution in [0.4, 0.5) is 14.5 Å². The maximum Gasteiger partial charge on any atom is 0.387 e. The fourth-order valence-corrected chi connectivity index (χ4v) is 2.47. The molecule has 2 N–H and O–H groups in total. The smallest absolute Gasteiger partial charge is 0.387 e. The predicted molar refractivity (Wildman–Crippen MR) is 97.9 cm³/mol. The lowest BCUT2D eigenvalue weighted by molar-refractivity contribution is -0.117. The number of hydrogen-bond acceptors (Lipinski definition) is 4. The monoisotopic (exact) mass is 377 g/mol. The number of halogens is 2. The molecule has 0 bridgehead atoms. The Balaban J connectivity index is 1.87. The molecule has 0 aliphatic rings. The van der Waals surface area contributed by atoms with Crippen molar-refractivity contribution >= 4 is 17.5 Å². The molecule has 0 aliphatic heterocycles. The molecular weight excluding hydrogens is 356 g/mol. The highest BCUT2D eigenvalue weighted by molar-refractivity contribution is 5.97. The van der Waals surface area contributed by atoms with Crippen molar-refractivity contribution in [1.29, 1.82) is 0 Å². The Morgan fingerprint density at radius 2 is 1.85 bits per heavy atom. The number of benzene rings is 2. The fraction of sp³-hybridized carbons (Fsp3) is 0.263. The minimum atomic E-state index is -2.86. The number of anilines is 1. The molecule has 2 rings (SSSR count). The van der Waals surface area contributed by atoms with Crippen LogP contribution in [0.2, 0.25) is 0 Å². The average Bonchev–Trinajstić information content (AvgIpc) is 2.62. The molecule has 0 heterocycles. The highest BCUT2D eigenvalue weighted by atomic mass is 19.3. The van der Waals surface area contributed by atoms with Gasteiger partial charge in [-0.25, -0.2) is 0 Å². The molecule has 8 heteroatoms. The molecule has 0 radical (unpaired) electrons. The van der Waals surface area contributed by atoms with Crippen LogP contribution in [-0.2, 0) is 11.3 Å². The number of rotatable bonds is 8. The Hall–Kier alpha value is -3.00. The average molecular weight is 377 g/mol. The first kappa shape index (κ1) is 20.3. The summed E-state index contributed by atoms with van der Waals surface area (Å²) >= 11 is 0. The third-order valence-electron chi connectivity index (χ3n) is 3.65. The summed E-state index contributed by atoms with van der Waals surface area (Å²) in [4.78, 5) is 25.6. The maximum absolute atomic E-state index is 12.2. The second-order valence-corrected chi connectivity index (χ2v) is 5.90. The number of carbonyl (C=O) groups excluding carboxylic acids is 2. The van der Waals surface area contributed by atoms with E-state index in [0.717, 1.165) is 5.56 Å². The van der Waals surface area contributed by atoms with E-state index in [4.69, 9.17) is 0 Å². The normalized spacial score (nSPS) is 10.7. The van der Waals surface area contributed by atoms with Gasteiger partial charge >= 0.3 is 6.61 Å². The summed E-state index contributed by atoms with van der Waals surface area (Å²) in [5, 5.41) is 5.27. The molecule has 27 heavy (non-hydrogen) atoms. The van der Waals surface area contributed by atoms with E-state index in [1.54, 1.807) is 48.3 Å². The summed E-state index contributed by atoms with van der Waals surface area (Å²) in [7, 11) is 3.30. The summed E-state index contributed by atoms with van der Waals surface area (Å²) in [6.45, 7) is -2.27. The van der Waals surface area contributed by atoms with Gasteiger partial charge in [0.2, 0.25) is 5.91 Å². The van der Waals surface area contributed by atoms with Crippen LogP contribution in [0.3, 0.4) is 0 Å². The van der Waals surface area contributed by atoms with Crippen LogP contribution in [0.25, 0.3) is 0 Å². The van der Waals surface area contributed by atoms with Crippen molar-refractivity contribution in [2.75, 3.05) is 26.0 Å². The Morgan fingerprint density at radius 1 is 1.15 bits per heavy atom. The van der Waals surface area contributed by atoms with Crippen molar-refractivity contribution in [3.8, 4) is 5.75 Å². The largest absolute Gasteiger partial charge is 0.435 e. The highest BCUT2D eigenvalue weighted by Crippen LogP contribution is 2.16. The van der Waals surface area contributed by atoms with Gasteiger partial charge in [-0.1, -0.05) is 18.2 Å². The zero-order valence-corrected chi connectivity index (χ0v) is 15.0. The van der Waals surface area contributed by atoms with Crippen LogP contribution >= 0.6 is 0 Å². The second-order valence-electron chi connectivity index (χ2n) is 5.90. The molecule has 0 unspecified atom stereocenters. The van der Waals surface area contributed by atoms with Gasteiger partial charge in [-0.15, -0.1) is 0 Å². The number of nitrogens with one attached hydrogen (secondary N) is 2. The van der Waals surface area contributed by atoms with Crippen molar-refractivity contribution in [2.24, 2.45) is 0 Å². The van der Waals surface area contributed by atoms with Gasteiger partial charge in [-0.2, -0.15) is 8.78 Å². The Bertz CT molecular complexity index is 782. The van der Waals surface area contributed by atoms with Gasteiger partial charge < -0.3 is 15.4 Å². The van der Waals surface area contributed by atoms with Crippen molar-refractivity contribution in [2.45, 2.75) is 13.2 Å². The van der Waals surface area contributed by atoms with Gasteiger partial charge in [-0.3, -0.25) is 14.5 Å². The summed E-state index contributed by atoms with van der Waals surface area (Å²) in [6, 6.07) is 12.9. The minimum absolute atomic E-state index is 0.0881. The van der Waals surface area contributed by atoms with Crippen LogP contribution in [0.1, 0.15) is 15.9 Å². The first-order valence-electron chi connectivity index (χ1n) is 8.21. The topological polar surface area (TPSA) is 70.7 Å². The predicted octanol–water partition coefficient (Wildman–Crippen LogP) is 2.72. The third-order valence-corrected chi connectivity index (χ3v) is 3.65. The molecule has 0 atom stereocenters. The van der Waals surface area contributed by atoms with E-state index >= 15 is 0 Å². The molecule has 2 aromatic rings. The molecule has 6 nitrogen and oxygen atoms in total. The number of nitrogens with zero attached hydrogens (tertiary/aromatic N) is 1. The molecule has 0 fully saturated rings. The van der Waals surface area contributed by atoms with Gasteiger partial charge in [0, 0.05) is 24.8 Å². The molecule has 0 saturated carbocycles. The van der Waals surface area contributed by atoms with Crippen LogP contribution in [0.5, 0.6) is 5.75 Å². The molecule has 2 amide bonds. The number of likely N-dealkylation sites (N-methyl/N-ethyl adjacent to an activating group) is 1. The quantitative estimate of drug-likeness (QED) is 0.742. The van der Waals surface area contributed by atoms with E-state index in [1.807, 2.05) is 0 Å². The molecule has 0 saturated heterocycles. The lowest BCUT2D eigenvalue weighted by Crippen LogP contribution is -2.30. The fourth-order valence-electron chi connectivity index (χ4n) is 2.47. The van der Waals surface area contributed by atoms with Crippen molar-refractivity contribution in [3.63, 3.8) is 0 Å². The van der Waals surface area contributed by atoms with E-state index in [9.17, 15) is 18.4 Å². The minimum Gasteiger partial charge on any atom is -0.435 e. The number of carbonyl (C=O) groups is 2. The van der Waals surface area contributed by atoms with E-state index in [2.05, 4.69) is 15.4 Å². The Kier molecular flexibility index (Phi) is 7.25. The van der Waals surface area contributed by atoms with Crippen molar-refractivity contribution < 1.29 is 23.1 Å². The number of hydrogen-bond donors (Lipinski definition) is 2. The van der Waals surface area contributed by atoms with Crippen LogP contribution in [0, 0.1) is 0 Å². The lowest BCUT2D eigenvalue weighted by Gasteiger charge is -2.17. The molecule has 0 spiro atoms. The van der Waals surface area contributed by atoms with Gasteiger partial charge in [0.25, 0.3) is 5.91 Å². The summed E-state index contributed by atoms with van der Waals surface area (Å²) < 4.78 is 28.6. The van der Waals surface area contributed by atoms with Crippen molar-refractivity contribution in [1.82, 2.24) is 10.2 Å². The summed E-state index contributed by atoms with van der Waals surface area (Å²) in [5.41, 5.74) is 1.84. The number of ether oxygens (including phenoxy) is 1. The molecular formula is C19H21F2N3O3. The van der Waals surface area contributed by atoms with E-state index < -0.39 is 6.61 Å². The van der Waals surface area contributed by atoms with Crippen LogP contribution < -0.4 is 15.4 Å². The Labute approximate surface area is 156 Å². The number of amides is 2. The number of alkyl halides is 2. The van der Waals surface area contributed by atoms with Gasteiger partial charge in [0.15, 0.2) is 0 Å². The Morgan fingerprint density at radius 3 is 2.48 bits per heavy atom.